The predicted octanol–water partition coefficient (Wildman–Crippen LogP) is 1.10. The van der Waals surface area contributed by atoms with E-state index in [9.17, 15) is 4.79 Å². The number of furan rings is 1. The zero-order chi connectivity index (χ0) is 14.5. The predicted molar refractivity (Wildman–Crippen MR) is 76.8 cm³/mol. The number of piperazine rings is 1. The topological polar surface area (TPSA) is 74.5 Å². The van der Waals surface area contributed by atoms with E-state index >= 15 is 0 Å². The van der Waals surface area contributed by atoms with E-state index in [0.29, 0.717) is 19.6 Å². The number of hydrogen-bond acceptors (Lipinski definition) is 5. The fourth-order valence-electron chi connectivity index (χ4n) is 2.28. The number of nitrogens with one attached hydrogen (secondary N) is 1. The summed E-state index contributed by atoms with van der Waals surface area (Å²) in [6.45, 7) is 3.26. The molecule has 2 aromatic rings. The van der Waals surface area contributed by atoms with Gasteiger partial charge in [-0.05, 0) is 12.1 Å². The van der Waals surface area contributed by atoms with Gasteiger partial charge in [0, 0.05) is 38.6 Å². The van der Waals surface area contributed by atoms with E-state index < -0.39 is 0 Å². The lowest BCUT2D eigenvalue weighted by Gasteiger charge is -2.35. The first-order valence-electron chi connectivity index (χ1n) is 6.89. The molecule has 0 atom stereocenters. The third-order valence-electron chi connectivity index (χ3n) is 3.43. The molecular formula is C14H17N5O2. The second kappa shape index (κ2) is 6.25. The summed E-state index contributed by atoms with van der Waals surface area (Å²) in [7, 11) is 0. The van der Waals surface area contributed by atoms with Crippen LogP contribution in [0.15, 0.2) is 41.4 Å². The summed E-state index contributed by atoms with van der Waals surface area (Å²) in [6.07, 6.45) is 6.67. The number of nitrogens with zero attached hydrogens (tertiary/aromatic N) is 4. The van der Waals surface area contributed by atoms with Gasteiger partial charge in [-0.2, -0.15) is 0 Å². The molecule has 3 rings (SSSR count). The molecule has 0 unspecified atom stereocenters. The molecule has 0 spiro atoms. The van der Waals surface area contributed by atoms with E-state index in [1.807, 2.05) is 6.07 Å². The Morgan fingerprint density at radius 1 is 1.29 bits per heavy atom. The Balaban J connectivity index is 1.48. The monoisotopic (exact) mass is 287 g/mol. The van der Waals surface area contributed by atoms with Gasteiger partial charge in [-0.3, -0.25) is 4.98 Å². The molecule has 7 nitrogen and oxygen atoms in total. The molecule has 2 aromatic heterocycles. The van der Waals surface area contributed by atoms with Crippen molar-refractivity contribution in [2.24, 2.45) is 0 Å². The van der Waals surface area contributed by atoms with Gasteiger partial charge in [0.25, 0.3) is 0 Å². The van der Waals surface area contributed by atoms with Crippen LogP contribution < -0.4 is 10.2 Å². The van der Waals surface area contributed by atoms with Crippen LogP contribution in [-0.4, -0.2) is 47.1 Å². The summed E-state index contributed by atoms with van der Waals surface area (Å²) in [6, 6.07) is 3.58. The van der Waals surface area contributed by atoms with Crippen LogP contribution in [0.25, 0.3) is 0 Å². The number of aromatic nitrogens is 2. The average Bonchev–Trinajstić information content (AvgIpc) is 3.07. The van der Waals surface area contributed by atoms with E-state index in [4.69, 9.17) is 4.42 Å². The molecular weight excluding hydrogens is 270 g/mol. The highest BCUT2D eigenvalue weighted by molar-refractivity contribution is 5.74. The van der Waals surface area contributed by atoms with Crippen molar-refractivity contribution < 1.29 is 9.21 Å². The molecule has 0 bridgehead atoms. The number of hydrogen-bond donors (Lipinski definition) is 1. The van der Waals surface area contributed by atoms with Crippen molar-refractivity contribution in [1.29, 1.82) is 0 Å². The van der Waals surface area contributed by atoms with Crippen molar-refractivity contribution in [2.45, 2.75) is 6.54 Å². The Bertz CT molecular complexity index is 564. The number of urea groups is 1. The number of carbonyl (C=O) groups is 1. The number of anilines is 1. The molecule has 0 aliphatic carbocycles. The molecule has 3 heterocycles. The standard InChI is InChI=1S/C14H17N5O2/c20-14(17-10-12-2-1-9-21-12)19-7-5-18(6-8-19)13-11-15-3-4-16-13/h1-4,9,11H,5-8,10H2,(H,17,20). The van der Waals surface area contributed by atoms with Crippen molar-refractivity contribution in [1.82, 2.24) is 20.2 Å². The Hall–Kier alpha value is -2.57. The first-order chi connectivity index (χ1) is 10.3. The normalized spacial score (nSPS) is 15.0. The second-order valence-corrected chi connectivity index (χ2v) is 4.78. The van der Waals surface area contributed by atoms with Crippen LogP contribution in [0.5, 0.6) is 0 Å². The summed E-state index contributed by atoms with van der Waals surface area (Å²) in [5.41, 5.74) is 0. The van der Waals surface area contributed by atoms with Crippen molar-refractivity contribution in [3.8, 4) is 0 Å². The third kappa shape index (κ3) is 3.31. The van der Waals surface area contributed by atoms with Gasteiger partial charge >= 0.3 is 6.03 Å². The van der Waals surface area contributed by atoms with Gasteiger partial charge in [0.2, 0.25) is 0 Å². The summed E-state index contributed by atoms with van der Waals surface area (Å²) >= 11 is 0. The smallest absolute Gasteiger partial charge is 0.317 e. The second-order valence-electron chi connectivity index (χ2n) is 4.78. The van der Waals surface area contributed by atoms with E-state index in [-0.39, 0.29) is 6.03 Å². The SMILES string of the molecule is O=C(NCc1ccco1)N1CCN(c2cnccn2)CC1. The van der Waals surface area contributed by atoms with Gasteiger partial charge in [0.05, 0.1) is 19.0 Å². The Morgan fingerprint density at radius 2 is 2.14 bits per heavy atom. The number of carbonyl (C=O) groups excluding carboxylic acids is 1. The van der Waals surface area contributed by atoms with Crippen LogP contribution in [0.4, 0.5) is 10.6 Å². The van der Waals surface area contributed by atoms with Gasteiger partial charge in [-0.25, -0.2) is 9.78 Å². The molecule has 0 saturated carbocycles. The maximum atomic E-state index is 12.1. The fourth-order valence-corrected chi connectivity index (χ4v) is 2.28. The van der Waals surface area contributed by atoms with Crippen LogP contribution in [0.3, 0.4) is 0 Å². The van der Waals surface area contributed by atoms with E-state index in [1.54, 1.807) is 35.8 Å². The molecule has 1 aliphatic heterocycles. The molecule has 1 fully saturated rings. The minimum Gasteiger partial charge on any atom is -0.467 e. The fraction of sp³-hybridized carbons (Fsp3) is 0.357. The Labute approximate surface area is 122 Å². The molecule has 2 amide bonds. The quantitative estimate of drug-likeness (QED) is 0.915. The zero-order valence-corrected chi connectivity index (χ0v) is 11.6. The Morgan fingerprint density at radius 3 is 2.81 bits per heavy atom. The number of amides is 2. The highest BCUT2D eigenvalue weighted by Crippen LogP contribution is 2.11. The van der Waals surface area contributed by atoms with E-state index in [0.717, 1.165) is 24.7 Å². The number of rotatable bonds is 3. The minimum absolute atomic E-state index is 0.0646. The largest absolute Gasteiger partial charge is 0.467 e. The van der Waals surface area contributed by atoms with Crippen LogP contribution in [-0.2, 0) is 6.54 Å². The lowest BCUT2D eigenvalue weighted by atomic mass is 10.3. The average molecular weight is 287 g/mol. The van der Waals surface area contributed by atoms with Gasteiger partial charge < -0.3 is 19.5 Å². The highest BCUT2D eigenvalue weighted by Gasteiger charge is 2.21. The van der Waals surface area contributed by atoms with E-state index in [1.165, 1.54) is 0 Å². The molecule has 1 N–H and O–H groups in total. The molecule has 0 aromatic carbocycles. The molecule has 7 heteroatoms. The summed E-state index contributed by atoms with van der Waals surface area (Å²) in [5, 5.41) is 2.86. The van der Waals surface area contributed by atoms with Crippen molar-refractivity contribution in [2.75, 3.05) is 31.1 Å². The van der Waals surface area contributed by atoms with Crippen molar-refractivity contribution in [3.05, 3.63) is 42.7 Å². The molecule has 110 valence electrons. The molecule has 1 saturated heterocycles. The third-order valence-corrected chi connectivity index (χ3v) is 3.43. The first-order valence-corrected chi connectivity index (χ1v) is 6.89. The summed E-state index contributed by atoms with van der Waals surface area (Å²) in [4.78, 5) is 24.3. The van der Waals surface area contributed by atoms with Crippen molar-refractivity contribution in [3.63, 3.8) is 0 Å². The van der Waals surface area contributed by atoms with Crippen LogP contribution in [0.2, 0.25) is 0 Å². The minimum atomic E-state index is -0.0646. The van der Waals surface area contributed by atoms with E-state index in [2.05, 4.69) is 20.2 Å². The van der Waals surface area contributed by atoms with Gasteiger partial charge in [0.15, 0.2) is 0 Å². The lowest BCUT2D eigenvalue weighted by molar-refractivity contribution is 0.193. The lowest BCUT2D eigenvalue weighted by Crippen LogP contribution is -2.51. The summed E-state index contributed by atoms with van der Waals surface area (Å²) < 4.78 is 5.19. The van der Waals surface area contributed by atoms with Crippen LogP contribution >= 0.6 is 0 Å². The van der Waals surface area contributed by atoms with Crippen molar-refractivity contribution >= 4 is 11.8 Å². The first kappa shape index (κ1) is 13.4. The summed E-state index contributed by atoms with van der Waals surface area (Å²) in [5.74, 6) is 1.61. The van der Waals surface area contributed by atoms with Gasteiger partial charge in [-0.15, -0.1) is 0 Å². The highest BCUT2D eigenvalue weighted by atomic mass is 16.3. The molecule has 0 radical (unpaired) electrons. The van der Waals surface area contributed by atoms with Gasteiger partial charge in [-0.1, -0.05) is 0 Å². The zero-order valence-electron chi connectivity index (χ0n) is 11.6. The maximum absolute atomic E-state index is 12.1. The van der Waals surface area contributed by atoms with Crippen LogP contribution in [0, 0.1) is 0 Å². The molecule has 21 heavy (non-hydrogen) atoms. The Kier molecular flexibility index (Phi) is 3.99. The van der Waals surface area contributed by atoms with Crippen LogP contribution in [0.1, 0.15) is 5.76 Å². The molecule has 1 aliphatic rings. The maximum Gasteiger partial charge on any atom is 0.317 e. The van der Waals surface area contributed by atoms with Gasteiger partial charge in [0.1, 0.15) is 11.6 Å².